The second-order valence-electron chi connectivity index (χ2n) is 7.65. The van der Waals surface area contributed by atoms with Crippen LogP contribution in [0.25, 0.3) is 12.2 Å². The monoisotopic (exact) mass is 374 g/mol. The first-order valence-electron chi connectivity index (χ1n) is 9.08. The first-order chi connectivity index (χ1) is 12.4. The Balaban J connectivity index is 1.54. The number of aromatic nitrogens is 2. The van der Waals surface area contributed by atoms with E-state index in [-0.39, 0.29) is 17.5 Å². The molecule has 1 aliphatic rings. The highest BCUT2D eigenvalue weighted by molar-refractivity contribution is 7.16. The SMILES string of the molecule is CC(C)(C)c1cnc(C=Cc2cnc(NC(=O)NC3CCCCC3)s2)o1. The smallest absolute Gasteiger partial charge is 0.321 e. The molecule has 2 aromatic heterocycles. The molecule has 0 radical (unpaired) electrons. The molecule has 1 fully saturated rings. The number of nitrogens with one attached hydrogen (secondary N) is 2. The van der Waals surface area contributed by atoms with E-state index in [4.69, 9.17) is 4.42 Å². The van der Waals surface area contributed by atoms with Gasteiger partial charge in [0.15, 0.2) is 5.13 Å². The topological polar surface area (TPSA) is 80.0 Å². The normalized spacial score (nSPS) is 16.1. The van der Waals surface area contributed by atoms with Gasteiger partial charge in [-0.1, -0.05) is 51.4 Å². The van der Waals surface area contributed by atoms with E-state index in [9.17, 15) is 4.79 Å². The van der Waals surface area contributed by atoms with Gasteiger partial charge in [-0.3, -0.25) is 5.32 Å². The van der Waals surface area contributed by atoms with Crippen LogP contribution in [0.2, 0.25) is 0 Å². The standard InChI is InChI=1S/C19H26N4O2S/c1-19(2,3)15-12-20-16(25-15)10-9-14-11-21-18(26-14)23-17(24)22-13-7-5-4-6-8-13/h9-13H,4-8H2,1-3H3,(H2,21,22,23,24). The number of carbonyl (C=O) groups excluding carboxylic acids is 1. The number of nitrogens with zero attached hydrogens (tertiary/aromatic N) is 2. The van der Waals surface area contributed by atoms with E-state index < -0.39 is 0 Å². The fraction of sp³-hybridized carbons (Fsp3) is 0.526. The molecule has 26 heavy (non-hydrogen) atoms. The summed E-state index contributed by atoms with van der Waals surface area (Å²) in [4.78, 5) is 21.5. The Morgan fingerprint density at radius 2 is 1.96 bits per heavy atom. The Morgan fingerprint density at radius 1 is 1.19 bits per heavy atom. The summed E-state index contributed by atoms with van der Waals surface area (Å²) in [5.74, 6) is 1.41. The summed E-state index contributed by atoms with van der Waals surface area (Å²) in [6.07, 6.45) is 13.0. The molecule has 0 spiro atoms. The lowest BCUT2D eigenvalue weighted by Crippen LogP contribution is -2.38. The zero-order valence-electron chi connectivity index (χ0n) is 15.5. The Bertz CT molecular complexity index is 767. The zero-order valence-corrected chi connectivity index (χ0v) is 16.4. The van der Waals surface area contributed by atoms with Crippen LogP contribution in [0.5, 0.6) is 0 Å². The summed E-state index contributed by atoms with van der Waals surface area (Å²) < 4.78 is 5.73. The van der Waals surface area contributed by atoms with E-state index in [1.807, 2.05) is 12.2 Å². The maximum absolute atomic E-state index is 12.1. The average Bonchev–Trinajstić information content (AvgIpc) is 3.22. The first kappa shape index (κ1) is 18.6. The lowest BCUT2D eigenvalue weighted by atomic mass is 9.94. The van der Waals surface area contributed by atoms with Crippen molar-refractivity contribution in [2.45, 2.75) is 64.3 Å². The molecule has 0 aliphatic heterocycles. The second-order valence-corrected chi connectivity index (χ2v) is 8.71. The highest BCUT2D eigenvalue weighted by Crippen LogP contribution is 2.24. The summed E-state index contributed by atoms with van der Waals surface area (Å²) in [5, 5.41) is 6.43. The number of carbonyl (C=O) groups is 1. The number of hydrogen-bond donors (Lipinski definition) is 2. The summed E-state index contributed by atoms with van der Waals surface area (Å²) >= 11 is 1.42. The van der Waals surface area contributed by atoms with Crippen LogP contribution in [-0.2, 0) is 5.41 Å². The van der Waals surface area contributed by atoms with Crippen molar-refractivity contribution >= 4 is 34.7 Å². The van der Waals surface area contributed by atoms with Crippen molar-refractivity contribution in [2.75, 3.05) is 5.32 Å². The van der Waals surface area contributed by atoms with Crippen LogP contribution in [0.3, 0.4) is 0 Å². The predicted molar refractivity (Wildman–Crippen MR) is 105 cm³/mol. The van der Waals surface area contributed by atoms with Crippen LogP contribution in [0.1, 0.15) is 69.4 Å². The number of urea groups is 1. The van der Waals surface area contributed by atoms with Crippen LogP contribution < -0.4 is 10.6 Å². The number of hydrogen-bond acceptors (Lipinski definition) is 5. The van der Waals surface area contributed by atoms with Gasteiger partial charge >= 0.3 is 6.03 Å². The van der Waals surface area contributed by atoms with Gasteiger partial charge in [0, 0.05) is 28.6 Å². The fourth-order valence-electron chi connectivity index (χ4n) is 2.85. The van der Waals surface area contributed by atoms with Crippen molar-refractivity contribution < 1.29 is 9.21 Å². The third-order valence-electron chi connectivity index (χ3n) is 4.34. The van der Waals surface area contributed by atoms with E-state index in [1.54, 1.807) is 12.4 Å². The molecule has 140 valence electrons. The number of anilines is 1. The van der Waals surface area contributed by atoms with Crippen molar-refractivity contribution in [1.82, 2.24) is 15.3 Å². The molecule has 0 atom stereocenters. The van der Waals surface area contributed by atoms with Crippen molar-refractivity contribution in [3.8, 4) is 0 Å². The molecule has 2 aromatic rings. The number of thiazole rings is 1. The molecule has 2 amide bonds. The minimum Gasteiger partial charge on any atom is -0.441 e. The second kappa shape index (κ2) is 8.03. The van der Waals surface area contributed by atoms with E-state index >= 15 is 0 Å². The summed E-state index contributed by atoms with van der Waals surface area (Å²) in [5.41, 5.74) is -0.0631. The van der Waals surface area contributed by atoms with Gasteiger partial charge in [0.05, 0.1) is 6.20 Å². The molecule has 0 unspecified atom stereocenters. The lowest BCUT2D eigenvalue weighted by Gasteiger charge is -2.22. The molecular formula is C19H26N4O2S. The fourth-order valence-corrected chi connectivity index (χ4v) is 3.57. The maximum Gasteiger partial charge on any atom is 0.321 e. The van der Waals surface area contributed by atoms with Crippen LogP contribution in [0.4, 0.5) is 9.93 Å². The van der Waals surface area contributed by atoms with Crippen molar-refractivity contribution in [1.29, 1.82) is 0 Å². The van der Waals surface area contributed by atoms with Crippen molar-refractivity contribution in [3.05, 3.63) is 28.9 Å². The highest BCUT2D eigenvalue weighted by Gasteiger charge is 2.18. The third-order valence-corrected chi connectivity index (χ3v) is 5.22. The maximum atomic E-state index is 12.1. The predicted octanol–water partition coefficient (Wildman–Crippen LogP) is 5.05. The Labute approximate surface area is 158 Å². The molecule has 6 nitrogen and oxygen atoms in total. The molecule has 2 N–H and O–H groups in total. The Morgan fingerprint density at radius 3 is 2.65 bits per heavy atom. The van der Waals surface area contributed by atoms with Gasteiger partial charge < -0.3 is 9.73 Å². The molecular weight excluding hydrogens is 348 g/mol. The molecule has 1 aliphatic carbocycles. The van der Waals surface area contributed by atoms with Crippen molar-refractivity contribution in [3.63, 3.8) is 0 Å². The Kier molecular flexibility index (Phi) is 5.76. The van der Waals surface area contributed by atoms with Gasteiger partial charge in [0.25, 0.3) is 0 Å². The number of oxazole rings is 1. The van der Waals surface area contributed by atoms with Crippen molar-refractivity contribution in [2.24, 2.45) is 0 Å². The quantitative estimate of drug-likeness (QED) is 0.784. The minimum absolute atomic E-state index is 0.0631. The summed E-state index contributed by atoms with van der Waals surface area (Å²) in [6.45, 7) is 6.25. The van der Waals surface area contributed by atoms with Crippen LogP contribution in [-0.4, -0.2) is 22.0 Å². The van der Waals surface area contributed by atoms with E-state index in [0.717, 1.165) is 23.5 Å². The molecule has 0 aromatic carbocycles. The Hall–Kier alpha value is -2.15. The van der Waals surface area contributed by atoms with Gasteiger partial charge in [-0.05, 0) is 18.9 Å². The third kappa shape index (κ3) is 5.17. The van der Waals surface area contributed by atoms with Crippen LogP contribution in [0.15, 0.2) is 16.8 Å². The molecule has 2 heterocycles. The zero-order chi connectivity index (χ0) is 18.6. The van der Waals surface area contributed by atoms with E-state index in [0.29, 0.717) is 11.0 Å². The number of amides is 2. The minimum atomic E-state index is -0.177. The summed E-state index contributed by atoms with van der Waals surface area (Å²) in [7, 11) is 0. The van der Waals surface area contributed by atoms with Gasteiger partial charge in [-0.25, -0.2) is 14.8 Å². The molecule has 0 saturated heterocycles. The molecule has 3 rings (SSSR count). The average molecular weight is 375 g/mol. The number of rotatable bonds is 4. The van der Waals surface area contributed by atoms with Crippen LogP contribution >= 0.6 is 11.3 Å². The molecule has 7 heteroatoms. The van der Waals surface area contributed by atoms with Gasteiger partial charge in [0.2, 0.25) is 5.89 Å². The van der Waals surface area contributed by atoms with E-state index in [2.05, 4.69) is 41.4 Å². The summed E-state index contributed by atoms with van der Waals surface area (Å²) in [6, 6.07) is 0.106. The lowest BCUT2D eigenvalue weighted by molar-refractivity contribution is 0.244. The highest BCUT2D eigenvalue weighted by atomic mass is 32.1. The molecule has 1 saturated carbocycles. The van der Waals surface area contributed by atoms with Gasteiger partial charge in [-0.2, -0.15) is 0 Å². The largest absolute Gasteiger partial charge is 0.441 e. The van der Waals surface area contributed by atoms with Gasteiger partial charge in [0.1, 0.15) is 5.76 Å². The van der Waals surface area contributed by atoms with Crippen LogP contribution in [0, 0.1) is 0 Å². The van der Waals surface area contributed by atoms with E-state index in [1.165, 1.54) is 30.6 Å². The molecule has 0 bridgehead atoms. The first-order valence-corrected chi connectivity index (χ1v) is 9.89. The van der Waals surface area contributed by atoms with Gasteiger partial charge in [-0.15, -0.1) is 0 Å².